The molecular formula is C25H20N2O4S. The molecule has 0 saturated carbocycles. The number of anilines is 1. The molecule has 2 aromatic carbocycles. The lowest BCUT2D eigenvalue weighted by Crippen LogP contribution is -2.26. The highest BCUT2D eigenvalue weighted by Gasteiger charge is 2.27. The predicted molar refractivity (Wildman–Crippen MR) is 125 cm³/mol. The molecule has 4 rings (SSSR count). The van der Waals surface area contributed by atoms with Crippen molar-refractivity contribution in [1.82, 2.24) is 4.98 Å². The summed E-state index contributed by atoms with van der Waals surface area (Å²) in [5.41, 5.74) is 3.62. The van der Waals surface area contributed by atoms with Gasteiger partial charge in [-0.05, 0) is 24.3 Å². The first kappa shape index (κ1) is 21.3. The van der Waals surface area contributed by atoms with Crippen molar-refractivity contribution in [3.8, 4) is 21.8 Å². The predicted octanol–water partition coefficient (Wildman–Crippen LogP) is 4.97. The van der Waals surface area contributed by atoms with E-state index in [0.717, 1.165) is 21.8 Å². The van der Waals surface area contributed by atoms with Gasteiger partial charge in [0.05, 0.1) is 25.5 Å². The molecule has 0 atom stereocenters. The molecule has 160 valence electrons. The highest BCUT2D eigenvalue weighted by atomic mass is 32.1. The van der Waals surface area contributed by atoms with Gasteiger partial charge in [-0.2, -0.15) is 0 Å². The summed E-state index contributed by atoms with van der Waals surface area (Å²) < 4.78 is 9.84. The molecule has 6 nitrogen and oxygen atoms in total. The second-order valence-electron chi connectivity index (χ2n) is 6.77. The molecule has 7 heteroatoms. The van der Waals surface area contributed by atoms with Crippen molar-refractivity contribution in [3.63, 3.8) is 0 Å². The number of thiazole rings is 1. The Morgan fingerprint density at radius 2 is 1.66 bits per heavy atom. The van der Waals surface area contributed by atoms with Crippen molar-refractivity contribution >= 4 is 29.0 Å². The lowest BCUT2D eigenvalue weighted by atomic mass is 10.1. The van der Waals surface area contributed by atoms with Gasteiger partial charge in [0.25, 0.3) is 0 Å². The van der Waals surface area contributed by atoms with Crippen LogP contribution in [0.25, 0.3) is 21.8 Å². The molecule has 3 aromatic rings. The number of methoxy groups -OCH3 is 2. The highest BCUT2D eigenvalue weighted by molar-refractivity contribution is 7.13. The van der Waals surface area contributed by atoms with E-state index in [1.165, 1.54) is 20.3 Å². The maximum atomic E-state index is 12.6. The number of carbonyl (C=O) groups is 2. The zero-order chi connectivity index (χ0) is 22.5. The topological polar surface area (TPSA) is 68.7 Å². The lowest BCUT2D eigenvalue weighted by Gasteiger charge is -2.23. The summed E-state index contributed by atoms with van der Waals surface area (Å²) in [7, 11) is 2.55. The smallest absolute Gasteiger partial charge is 0.355 e. The van der Waals surface area contributed by atoms with E-state index in [9.17, 15) is 9.59 Å². The quantitative estimate of drug-likeness (QED) is 0.518. The molecule has 0 radical (unpaired) electrons. The Morgan fingerprint density at radius 1 is 0.906 bits per heavy atom. The first-order valence-corrected chi connectivity index (χ1v) is 10.7. The number of hydrogen-bond acceptors (Lipinski definition) is 7. The second-order valence-corrected chi connectivity index (χ2v) is 7.63. The molecule has 0 bridgehead atoms. The van der Waals surface area contributed by atoms with Crippen LogP contribution in [0.1, 0.15) is 0 Å². The third-order valence-electron chi connectivity index (χ3n) is 4.83. The van der Waals surface area contributed by atoms with Gasteiger partial charge in [0.1, 0.15) is 10.7 Å². The Kier molecular flexibility index (Phi) is 6.28. The van der Waals surface area contributed by atoms with Crippen molar-refractivity contribution in [2.24, 2.45) is 0 Å². The van der Waals surface area contributed by atoms with Crippen LogP contribution in [0, 0.1) is 0 Å². The minimum Gasteiger partial charge on any atom is -0.465 e. The molecule has 0 N–H and O–H groups in total. The Labute approximate surface area is 189 Å². The van der Waals surface area contributed by atoms with E-state index in [2.05, 4.69) is 0 Å². The zero-order valence-electron chi connectivity index (χ0n) is 17.5. The molecule has 1 aliphatic heterocycles. The van der Waals surface area contributed by atoms with Crippen LogP contribution >= 0.6 is 11.3 Å². The third kappa shape index (κ3) is 4.24. The second kappa shape index (κ2) is 9.45. The van der Waals surface area contributed by atoms with Crippen molar-refractivity contribution in [2.45, 2.75) is 0 Å². The number of ether oxygens (including phenoxy) is 2. The van der Waals surface area contributed by atoms with Crippen molar-refractivity contribution < 1.29 is 19.1 Å². The molecule has 1 aromatic heterocycles. The van der Waals surface area contributed by atoms with Crippen LogP contribution in [0.5, 0.6) is 0 Å². The van der Waals surface area contributed by atoms with Gasteiger partial charge in [-0.15, -0.1) is 11.3 Å². The van der Waals surface area contributed by atoms with Gasteiger partial charge >= 0.3 is 11.9 Å². The van der Waals surface area contributed by atoms with Crippen molar-refractivity contribution in [1.29, 1.82) is 0 Å². The maximum Gasteiger partial charge on any atom is 0.355 e. The molecular weight excluding hydrogens is 424 g/mol. The number of rotatable bonds is 5. The monoisotopic (exact) mass is 444 g/mol. The lowest BCUT2D eigenvalue weighted by molar-refractivity contribution is -0.139. The number of hydrogen-bond donors (Lipinski definition) is 0. The third-order valence-corrected chi connectivity index (χ3v) is 5.73. The number of carbonyl (C=O) groups excluding carboxylic acids is 2. The van der Waals surface area contributed by atoms with Crippen LogP contribution in [-0.4, -0.2) is 31.1 Å². The standard InChI is InChI=1S/C25H20N2O4S/c1-30-24(28)20-13-6-7-14-27(22(20)25(29)31-2)19-12-8-11-18(15-19)21-16-32-23(26-21)17-9-4-3-5-10-17/h3-16H,1-2H3. The molecule has 32 heavy (non-hydrogen) atoms. The molecule has 0 saturated heterocycles. The van der Waals surface area contributed by atoms with Crippen molar-refractivity contribution in [3.05, 3.63) is 95.7 Å². The largest absolute Gasteiger partial charge is 0.465 e. The summed E-state index contributed by atoms with van der Waals surface area (Å²) >= 11 is 1.57. The minimum absolute atomic E-state index is 0.0738. The van der Waals surface area contributed by atoms with Gasteiger partial charge in [-0.25, -0.2) is 14.6 Å². The average molecular weight is 445 g/mol. The van der Waals surface area contributed by atoms with Gasteiger partial charge in [0.2, 0.25) is 0 Å². The number of aromatic nitrogens is 1. The molecule has 0 unspecified atom stereocenters. The van der Waals surface area contributed by atoms with Crippen LogP contribution in [0.4, 0.5) is 5.69 Å². The fourth-order valence-corrected chi connectivity index (χ4v) is 4.14. The Morgan fingerprint density at radius 3 is 2.41 bits per heavy atom. The van der Waals surface area contributed by atoms with Crippen LogP contribution in [0.15, 0.2) is 95.7 Å². The van der Waals surface area contributed by atoms with Crippen molar-refractivity contribution in [2.75, 3.05) is 19.1 Å². The minimum atomic E-state index is -0.646. The van der Waals surface area contributed by atoms with Crippen LogP contribution in [-0.2, 0) is 19.1 Å². The van der Waals surface area contributed by atoms with Crippen LogP contribution in [0.3, 0.4) is 0 Å². The molecule has 0 amide bonds. The van der Waals surface area contributed by atoms with E-state index in [0.29, 0.717) is 5.69 Å². The zero-order valence-corrected chi connectivity index (χ0v) is 18.3. The summed E-state index contributed by atoms with van der Waals surface area (Å²) in [6.07, 6.45) is 6.65. The summed E-state index contributed by atoms with van der Waals surface area (Å²) in [6, 6.07) is 17.6. The summed E-state index contributed by atoms with van der Waals surface area (Å²) in [5, 5.41) is 2.92. The highest BCUT2D eigenvalue weighted by Crippen LogP contribution is 2.32. The SMILES string of the molecule is COC(=O)C1=C(C(=O)OC)N(c2cccc(-c3csc(-c4ccccc4)n3)c2)C=CC=C1. The number of benzene rings is 2. The van der Waals surface area contributed by atoms with E-state index in [1.54, 1.807) is 34.6 Å². The van der Waals surface area contributed by atoms with Crippen LogP contribution < -0.4 is 4.90 Å². The molecule has 1 aliphatic rings. The molecule has 0 spiro atoms. The summed E-state index contributed by atoms with van der Waals surface area (Å²) in [5.74, 6) is -1.27. The fourth-order valence-electron chi connectivity index (χ4n) is 3.30. The van der Waals surface area contributed by atoms with Gasteiger partial charge in [0, 0.05) is 28.4 Å². The summed E-state index contributed by atoms with van der Waals surface area (Å²) in [6.45, 7) is 0. The van der Waals surface area contributed by atoms with Gasteiger partial charge in [-0.3, -0.25) is 0 Å². The van der Waals surface area contributed by atoms with Gasteiger partial charge in [0.15, 0.2) is 0 Å². The van der Waals surface area contributed by atoms with Gasteiger partial charge in [-0.1, -0.05) is 48.5 Å². The van der Waals surface area contributed by atoms with E-state index in [1.807, 2.05) is 60.0 Å². The Bertz CT molecular complexity index is 1240. The number of esters is 2. The van der Waals surface area contributed by atoms with E-state index in [4.69, 9.17) is 14.5 Å². The Balaban J connectivity index is 1.76. The summed E-state index contributed by atoms with van der Waals surface area (Å²) in [4.78, 5) is 31.4. The molecule has 2 heterocycles. The first-order chi connectivity index (χ1) is 15.6. The number of allylic oxidation sites excluding steroid dienone is 2. The fraction of sp³-hybridized carbons (Fsp3) is 0.0800. The maximum absolute atomic E-state index is 12.6. The van der Waals surface area contributed by atoms with E-state index >= 15 is 0 Å². The van der Waals surface area contributed by atoms with Gasteiger partial charge < -0.3 is 14.4 Å². The molecule has 0 aliphatic carbocycles. The van der Waals surface area contributed by atoms with E-state index in [-0.39, 0.29) is 11.3 Å². The van der Waals surface area contributed by atoms with E-state index < -0.39 is 11.9 Å². The van der Waals surface area contributed by atoms with Crippen LogP contribution in [0.2, 0.25) is 0 Å². The molecule has 0 fully saturated rings. The Hall–Kier alpha value is -3.97. The normalized spacial score (nSPS) is 13.1. The first-order valence-electron chi connectivity index (χ1n) is 9.78. The average Bonchev–Trinajstić information content (AvgIpc) is 3.24. The number of nitrogens with zero attached hydrogens (tertiary/aromatic N) is 2.